The molecule has 0 spiro atoms. The van der Waals surface area contributed by atoms with Gasteiger partial charge in [0, 0.05) is 23.6 Å². The molecule has 0 radical (unpaired) electrons. The Morgan fingerprint density at radius 1 is 1.06 bits per heavy atom. The van der Waals surface area contributed by atoms with Crippen LogP contribution in [-0.4, -0.2) is 34.3 Å². The van der Waals surface area contributed by atoms with Gasteiger partial charge in [0.2, 0.25) is 0 Å². The van der Waals surface area contributed by atoms with E-state index in [1.807, 2.05) is 43.3 Å². The molecule has 34 heavy (non-hydrogen) atoms. The molecule has 0 aromatic heterocycles. The number of benzene rings is 3. The smallest absolute Gasteiger partial charge is 0.295 e. The van der Waals surface area contributed by atoms with E-state index in [1.165, 1.54) is 0 Å². The number of halogens is 1. The van der Waals surface area contributed by atoms with E-state index in [4.69, 9.17) is 16.3 Å². The summed E-state index contributed by atoms with van der Waals surface area (Å²) in [6.07, 6.45) is 1.37. The molecule has 1 saturated heterocycles. The normalized spacial score (nSPS) is 20.9. The van der Waals surface area contributed by atoms with Crippen molar-refractivity contribution in [1.82, 2.24) is 4.90 Å². The predicted molar refractivity (Wildman–Crippen MR) is 131 cm³/mol. The fourth-order valence-corrected chi connectivity index (χ4v) is 4.85. The van der Waals surface area contributed by atoms with Gasteiger partial charge in [-0.15, -0.1) is 0 Å². The highest BCUT2D eigenvalue weighted by atomic mass is 35.5. The largest absolute Gasteiger partial charge is 0.507 e. The summed E-state index contributed by atoms with van der Waals surface area (Å²) in [6, 6.07) is 21.5. The lowest BCUT2D eigenvalue weighted by molar-refractivity contribution is -0.139. The summed E-state index contributed by atoms with van der Waals surface area (Å²) in [4.78, 5) is 27.9. The highest BCUT2D eigenvalue weighted by Gasteiger charge is 2.45. The van der Waals surface area contributed by atoms with Gasteiger partial charge in [-0.05, 0) is 60.4 Å². The molecule has 5 nitrogen and oxygen atoms in total. The predicted octanol–water partition coefficient (Wildman–Crippen LogP) is 5.33. The standard InChI is InChI=1S/C28H24ClNO4/c1-17-15-21-16-20(9-12-23(21)34-17)26(31)24-25(19-7-10-22(29)11-8-19)30(28(33)27(24)32)14-13-18-5-3-2-4-6-18/h2-12,16-17,25,31H,13-15H2,1H3. The number of hydrogen-bond donors (Lipinski definition) is 1. The van der Waals surface area contributed by atoms with Gasteiger partial charge in [0.1, 0.15) is 17.6 Å². The van der Waals surface area contributed by atoms with Crippen molar-refractivity contribution in [2.24, 2.45) is 0 Å². The third-order valence-corrected chi connectivity index (χ3v) is 6.63. The number of amides is 1. The zero-order chi connectivity index (χ0) is 23.8. The molecule has 1 amide bonds. The first kappa shape index (κ1) is 22.2. The first-order valence-electron chi connectivity index (χ1n) is 11.3. The number of likely N-dealkylation sites (tertiary alicyclic amines) is 1. The van der Waals surface area contributed by atoms with Crippen molar-refractivity contribution in [1.29, 1.82) is 0 Å². The van der Waals surface area contributed by atoms with Gasteiger partial charge in [-0.25, -0.2) is 0 Å². The van der Waals surface area contributed by atoms with Crippen LogP contribution in [0.2, 0.25) is 5.02 Å². The molecule has 2 atom stereocenters. The number of aliphatic hydroxyl groups is 1. The highest BCUT2D eigenvalue weighted by molar-refractivity contribution is 6.46. The lowest BCUT2D eigenvalue weighted by atomic mass is 9.94. The van der Waals surface area contributed by atoms with Crippen LogP contribution in [0.1, 0.15) is 35.2 Å². The minimum Gasteiger partial charge on any atom is -0.507 e. The van der Waals surface area contributed by atoms with E-state index in [2.05, 4.69) is 0 Å². The Labute approximate surface area is 203 Å². The number of ether oxygens (including phenoxy) is 1. The van der Waals surface area contributed by atoms with Crippen molar-refractivity contribution < 1.29 is 19.4 Å². The zero-order valence-corrected chi connectivity index (χ0v) is 19.5. The molecular weight excluding hydrogens is 450 g/mol. The Hall–Kier alpha value is -3.57. The molecule has 0 aliphatic carbocycles. The maximum atomic E-state index is 13.2. The second-order valence-electron chi connectivity index (χ2n) is 8.73. The summed E-state index contributed by atoms with van der Waals surface area (Å²) in [5.41, 5.74) is 3.34. The minimum atomic E-state index is -0.704. The summed E-state index contributed by atoms with van der Waals surface area (Å²) in [6.45, 7) is 2.33. The molecule has 2 aliphatic rings. The van der Waals surface area contributed by atoms with Crippen molar-refractivity contribution in [2.45, 2.75) is 31.9 Å². The fourth-order valence-electron chi connectivity index (χ4n) is 4.72. The molecule has 1 N–H and O–H groups in total. The molecular formula is C28H24ClNO4. The first-order chi connectivity index (χ1) is 16.4. The maximum absolute atomic E-state index is 13.2. The van der Waals surface area contributed by atoms with Crippen LogP contribution >= 0.6 is 11.6 Å². The molecule has 1 fully saturated rings. The van der Waals surface area contributed by atoms with E-state index in [0.29, 0.717) is 23.6 Å². The van der Waals surface area contributed by atoms with E-state index in [-0.39, 0.29) is 17.4 Å². The fraction of sp³-hybridized carbons (Fsp3) is 0.214. The van der Waals surface area contributed by atoms with E-state index < -0.39 is 17.7 Å². The average molecular weight is 474 g/mol. The quantitative estimate of drug-likeness (QED) is 0.309. The topological polar surface area (TPSA) is 66.8 Å². The van der Waals surface area contributed by atoms with Gasteiger partial charge in [0.05, 0.1) is 11.6 Å². The Bertz CT molecular complexity index is 1280. The SMILES string of the molecule is CC1Cc2cc(C(O)=C3C(=O)C(=O)N(CCc4ccccc4)C3c3ccc(Cl)cc3)ccc2O1. The van der Waals surface area contributed by atoms with E-state index in [1.54, 1.807) is 41.3 Å². The van der Waals surface area contributed by atoms with Crippen molar-refractivity contribution in [3.63, 3.8) is 0 Å². The third kappa shape index (κ3) is 4.08. The van der Waals surface area contributed by atoms with Gasteiger partial charge >= 0.3 is 0 Å². The van der Waals surface area contributed by atoms with Crippen LogP contribution in [0.25, 0.3) is 5.76 Å². The van der Waals surface area contributed by atoms with Crippen molar-refractivity contribution in [3.8, 4) is 5.75 Å². The number of aliphatic hydroxyl groups excluding tert-OH is 1. The number of Topliss-reactive ketones (excluding diaryl/α,β-unsaturated/α-hetero) is 1. The van der Waals surface area contributed by atoms with Crippen LogP contribution in [0.5, 0.6) is 5.75 Å². The lowest BCUT2D eigenvalue weighted by Crippen LogP contribution is -2.31. The second-order valence-corrected chi connectivity index (χ2v) is 9.17. The number of carbonyl (C=O) groups is 2. The Balaban J connectivity index is 1.57. The zero-order valence-electron chi connectivity index (χ0n) is 18.7. The lowest BCUT2D eigenvalue weighted by Gasteiger charge is -2.25. The molecule has 2 heterocycles. The van der Waals surface area contributed by atoms with Crippen molar-refractivity contribution in [2.75, 3.05) is 6.54 Å². The molecule has 5 rings (SSSR count). The summed E-state index contributed by atoms with van der Waals surface area (Å²) in [5.74, 6) is -0.698. The van der Waals surface area contributed by atoms with Crippen LogP contribution < -0.4 is 4.74 Å². The molecule has 172 valence electrons. The van der Waals surface area contributed by atoms with Gasteiger partial charge in [-0.2, -0.15) is 0 Å². The monoisotopic (exact) mass is 473 g/mol. The number of rotatable bonds is 5. The van der Waals surface area contributed by atoms with Gasteiger partial charge < -0.3 is 14.7 Å². The van der Waals surface area contributed by atoms with E-state index >= 15 is 0 Å². The van der Waals surface area contributed by atoms with Crippen molar-refractivity contribution in [3.05, 3.63) is 106 Å². The average Bonchev–Trinajstić information content (AvgIpc) is 3.34. The van der Waals surface area contributed by atoms with Gasteiger partial charge in [-0.3, -0.25) is 9.59 Å². The van der Waals surface area contributed by atoms with Crippen LogP contribution in [0, 0.1) is 0 Å². The van der Waals surface area contributed by atoms with Gasteiger partial charge in [0.25, 0.3) is 11.7 Å². The van der Waals surface area contributed by atoms with Gasteiger partial charge in [-0.1, -0.05) is 54.1 Å². The number of fused-ring (bicyclic) bond motifs is 1. The molecule has 3 aromatic rings. The minimum absolute atomic E-state index is 0.0602. The Kier molecular flexibility index (Phi) is 5.88. The van der Waals surface area contributed by atoms with Gasteiger partial charge in [0.15, 0.2) is 0 Å². The Morgan fingerprint density at radius 2 is 1.79 bits per heavy atom. The number of nitrogens with zero attached hydrogens (tertiary/aromatic N) is 1. The Morgan fingerprint density at radius 3 is 2.53 bits per heavy atom. The number of ketones is 1. The summed E-state index contributed by atoms with van der Waals surface area (Å²) >= 11 is 6.09. The molecule has 6 heteroatoms. The maximum Gasteiger partial charge on any atom is 0.295 e. The number of hydrogen-bond acceptors (Lipinski definition) is 4. The summed E-state index contributed by atoms with van der Waals surface area (Å²) < 4.78 is 5.76. The van der Waals surface area contributed by atoms with E-state index in [0.717, 1.165) is 28.9 Å². The molecule has 2 aliphatic heterocycles. The van der Waals surface area contributed by atoms with E-state index in [9.17, 15) is 14.7 Å². The van der Waals surface area contributed by atoms with Crippen LogP contribution in [-0.2, 0) is 22.4 Å². The van der Waals surface area contributed by atoms with Crippen LogP contribution in [0.15, 0.2) is 78.4 Å². The molecule has 0 saturated carbocycles. The van der Waals surface area contributed by atoms with Crippen LogP contribution in [0.4, 0.5) is 0 Å². The summed E-state index contributed by atoms with van der Waals surface area (Å²) in [5, 5.41) is 11.9. The summed E-state index contributed by atoms with van der Waals surface area (Å²) in [7, 11) is 0. The number of carbonyl (C=O) groups excluding carboxylic acids is 2. The second kappa shape index (κ2) is 8.99. The highest BCUT2D eigenvalue weighted by Crippen LogP contribution is 2.41. The molecule has 3 aromatic carbocycles. The first-order valence-corrected chi connectivity index (χ1v) is 11.7. The third-order valence-electron chi connectivity index (χ3n) is 6.38. The molecule has 2 unspecified atom stereocenters. The van der Waals surface area contributed by atoms with Crippen LogP contribution in [0.3, 0.4) is 0 Å². The van der Waals surface area contributed by atoms with Crippen molar-refractivity contribution >= 4 is 29.1 Å². The molecule has 0 bridgehead atoms.